The van der Waals surface area contributed by atoms with Crippen LogP contribution in [0.25, 0.3) is 11.0 Å². The van der Waals surface area contributed by atoms with E-state index in [1.165, 1.54) is 0 Å². The largest absolute Gasteiger partial charge is 0.406 e. The van der Waals surface area contributed by atoms with Gasteiger partial charge in [-0.3, -0.25) is 14.9 Å². The summed E-state index contributed by atoms with van der Waals surface area (Å²) in [6.07, 6.45) is -4.71. The predicted molar refractivity (Wildman–Crippen MR) is 75.5 cm³/mol. The number of imidazole rings is 1. The van der Waals surface area contributed by atoms with Crippen molar-refractivity contribution in [2.24, 2.45) is 5.92 Å². The molecule has 0 spiro atoms. The summed E-state index contributed by atoms with van der Waals surface area (Å²) in [7, 11) is 0. The minimum atomic E-state index is -4.47. The number of likely N-dealkylation sites (tertiary alicyclic amines) is 1. The van der Waals surface area contributed by atoms with E-state index in [0.29, 0.717) is 10.4 Å². The first-order valence-electron chi connectivity index (χ1n) is 6.92. The molecule has 2 heterocycles. The second-order valence-electron chi connectivity index (χ2n) is 5.38. The number of aromatic amines is 1. The molecule has 2 aromatic rings. The van der Waals surface area contributed by atoms with E-state index in [1.807, 2.05) is 0 Å². The number of amides is 2. The number of aromatic nitrogens is 2. The maximum absolute atomic E-state index is 12.4. The Hall–Kier alpha value is -2.58. The fourth-order valence-electron chi connectivity index (χ4n) is 2.55. The summed E-state index contributed by atoms with van der Waals surface area (Å²) in [6.45, 7) is -1.58. The Labute approximate surface area is 128 Å². The molecule has 23 heavy (non-hydrogen) atoms. The van der Waals surface area contributed by atoms with E-state index < -0.39 is 30.5 Å². The molecule has 3 rings (SSSR count). The van der Waals surface area contributed by atoms with Gasteiger partial charge in [-0.25, -0.2) is 4.98 Å². The van der Waals surface area contributed by atoms with Crippen molar-refractivity contribution in [2.75, 3.05) is 18.4 Å². The standard InChI is InChI=1S/C14H13F3N4O2/c15-14(16,17)7-21-6-8(5-11(21)22)12(23)20-13-18-9-3-1-2-4-10(9)19-13/h1-4,8H,5-7H2,(H2,18,19,20,23). The Morgan fingerprint density at radius 2 is 2.13 bits per heavy atom. The van der Waals surface area contributed by atoms with Gasteiger partial charge in [-0.2, -0.15) is 13.2 Å². The lowest BCUT2D eigenvalue weighted by molar-refractivity contribution is -0.157. The highest BCUT2D eigenvalue weighted by molar-refractivity contribution is 5.97. The van der Waals surface area contributed by atoms with Gasteiger partial charge in [0.1, 0.15) is 6.54 Å². The molecule has 1 aromatic carbocycles. The van der Waals surface area contributed by atoms with Crippen LogP contribution in [0.1, 0.15) is 6.42 Å². The summed E-state index contributed by atoms with van der Waals surface area (Å²) in [5, 5.41) is 2.51. The van der Waals surface area contributed by atoms with E-state index in [9.17, 15) is 22.8 Å². The Bertz CT molecular complexity index is 723. The van der Waals surface area contributed by atoms with Crippen molar-refractivity contribution in [3.8, 4) is 0 Å². The molecule has 1 unspecified atom stereocenters. The number of para-hydroxylation sites is 2. The van der Waals surface area contributed by atoms with Gasteiger partial charge in [0, 0.05) is 13.0 Å². The van der Waals surface area contributed by atoms with Crippen molar-refractivity contribution >= 4 is 28.8 Å². The first-order chi connectivity index (χ1) is 10.8. The number of carbonyl (C=O) groups excluding carboxylic acids is 2. The van der Waals surface area contributed by atoms with Gasteiger partial charge in [0.25, 0.3) is 0 Å². The molecule has 0 aliphatic carbocycles. The number of alkyl halides is 3. The predicted octanol–water partition coefficient (Wildman–Crippen LogP) is 1.91. The highest BCUT2D eigenvalue weighted by Gasteiger charge is 2.40. The smallest absolute Gasteiger partial charge is 0.333 e. The lowest BCUT2D eigenvalue weighted by Crippen LogP contribution is -2.36. The number of benzene rings is 1. The Morgan fingerprint density at radius 1 is 1.39 bits per heavy atom. The van der Waals surface area contributed by atoms with Crippen molar-refractivity contribution in [2.45, 2.75) is 12.6 Å². The molecule has 1 aliphatic heterocycles. The van der Waals surface area contributed by atoms with Crippen LogP contribution in [0.4, 0.5) is 19.1 Å². The second kappa shape index (κ2) is 5.56. The van der Waals surface area contributed by atoms with Gasteiger partial charge in [0.05, 0.1) is 17.0 Å². The summed E-state index contributed by atoms with van der Waals surface area (Å²) in [4.78, 5) is 31.4. The number of rotatable bonds is 3. The molecule has 0 radical (unpaired) electrons. The molecule has 1 aliphatic rings. The van der Waals surface area contributed by atoms with Crippen LogP contribution in [0.5, 0.6) is 0 Å². The van der Waals surface area contributed by atoms with Gasteiger partial charge in [-0.1, -0.05) is 12.1 Å². The van der Waals surface area contributed by atoms with Crippen LogP contribution in [0.2, 0.25) is 0 Å². The van der Waals surface area contributed by atoms with Crippen LogP contribution in [0.3, 0.4) is 0 Å². The normalized spacial score (nSPS) is 18.7. The highest BCUT2D eigenvalue weighted by Crippen LogP contribution is 2.24. The fraction of sp³-hybridized carbons (Fsp3) is 0.357. The van der Waals surface area contributed by atoms with Crippen LogP contribution in [0.15, 0.2) is 24.3 Å². The first kappa shape index (κ1) is 15.3. The lowest BCUT2D eigenvalue weighted by atomic mass is 10.1. The number of hydrogen-bond donors (Lipinski definition) is 2. The molecule has 9 heteroatoms. The van der Waals surface area contributed by atoms with Crippen LogP contribution < -0.4 is 5.32 Å². The molecule has 1 saturated heterocycles. The summed E-state index contributed by atoms with van der Waals surface area (Å²) < 4.78 is 37.1. The zero-order valence-electron chi connectivity index (χ0n) is 11.9. The third kappa shape index (κ3) is 3.43. The van der Waals surface area contributed by atoms with Gasteiger partial charge in [0.15, 0.2) is 0 Å². The molecule has 2 amide bonds. The summed E-state index contributed by atoms with van der Waals surface area (Å²) in [6, 6.07) is 7.13. The molecule has 6 nitrogen and oxygen atoms in total. The van der Waals surface area contributed by atoms with Gasteiger partial charge >= 0.3 is 6.18 Å². The molecule has 0 bridgehead atoms. The second-order valence-corrected chi connectivity index (χ2v) is 5.38. The SMILES string of the molecule is O=C(Nc1nc2ccccc2[nH]1)C1CC(=O)N(CC(F)(F)F)C1. The molecule has 122 valence electrons. The molecule has 0 saturated carbocycles. The third-order valence-corrected chi connectivity index (χ3v) is 3.59. The van der Waals surface area contributed by atoms with Crippen molar-refractivity contribution in [1.82, 2.24) is 14.9 Å². The fourth-order valence-corrected chi connectivity index (χ4v) is 2.55. The molecule has 1 atom stereocenters. The number of nitrogens with one attached hydrogen (secondary N) is 2. The number of fused-ring (bicyclic) bond motifs is 1. The van der Waals surface area contributed by atoms with E-state index in [2.05, 4.69) is 15.3 Å². The van der Waals surface area contributed by atoms with E-state index in [4.69, 9.17) is 0 Å². The minimum absolute atomic E-state index is 0.206. The van der Waals surface area contributed by atoms with E-state index in [0.717, 1.165) is 5.52 Å². The van der Waals surface area contributed by atoms with Crippen molar-refractivity contribution in [1.29, 1.82) is 0 Å². The Kier molecular flexibility index (Phi) is 3.70. The quantitative estimate of drug-likeness (QED) is 0.904. The summed E-state index contributed by atoms with van der Waals surface area (Å²) in [5.74, 6) is -1.81. The van der Waals surface area contributed by atoms with Gasteiger partial charge < -0.3 is 9.88 Å². The average Bonchev–Trinajstić information content (AvgIpc) is 3.00. The van der Waals surface area contributed by atoms with Crippen LogP contribution in [-0.4, -0.2) is 45.9 Å². The van der Waals surface area contributed by atoms with E-state index in [1.54, 1.807) is 24.3 Å². The van der Waals surface area contributed by atoms with E-state index >= 15 is 0 Å². The first-order valence-corrected chi connectivity index (χ1v) is 6.92. The summed E-state index contributed by atoms with van der Waals surface area (Å²) in [5.41, 5.74) is 1.38. The van der Waals surface area contributed by atoms with Crippen molar-refractivity contribution < 1.29 is 22.8 Å². The lowest BCUT2D eigenvalue weighted by Gasteiger charge is -2.18. The van der Waals surface area contributed by atoms with Crippen molar-refractivity contribution in [3.63, 3.8) is 0 Å². The third-order valence-electron chi connectivity index (χ3n) is 3.59. The molecular weight excluding hydrogens is 313 g/mol. The van der Waals surface area contributed by atoms with Gasteiger partial charge in [0.2, 0.25) is 17.8 Å². The van der Waals surface area contributed by atoms with Gasteiger partial charge in [-0.15, -0.1) is 0 Å². The highest BCUT2D eigenvalue weighted by atomic mass is 19.4. The number of nitrogens with zero attached hydrogens (tertiary/aromatic N) is 2. The van der Waals surface area contributed by atoms with Gasteiger partial charge in [-0.05, 0) is 12.1 Å². The Morgan fingerprint density at radius 3 is 2.83 bits per heavy atom. The molecular formula is C14H13F3N4O2. The summed E-state index contributed by atoms with van der Waals surface area (Å²) >= 11 is 0. The Balaban J connectivity index is 1.66. The average molecular weight is 326 g/mol. The zero-order chi connectivity index (χ0) is 16.6. The maximum Gasteiger partial charge on any atom is 0.406 e. The molecule has 2 N–H and O–H groups in total. The van der Waals surface area contributed by atoms with Crippen LogP contribution >= 0.6 is 0 Å². The van der Waals surface area contributed by atoms with Crippen molar-refractivity contribution in [3.05, 3.63) is 24.3 Å². The van der Waals surface area contributed by atoms with Crippen LogP contribution in [-0.2, 0) is 9.59 Å². The number of carbonyl (C=O) groups is 2. The van der Waals surface area contributed by atoms with E-state index in [-0.39, 0.29) is 18.9 Å². The maximum atomic E-state index is 12.4. The topological polar surface area (TPSA) is 78.1 Å². The molecule has 1 fully saturated rings. The number of hydrogen-bond acceptors (Lipinski definition) is 3. The molecule has 1 aromatic heterocycles. The zero-order valence-corrected chi connectivity index (χ0v) is 11.9. The number of halogens is 3. The number of H-pyrrole nitrogens is 1. The minimum Gasteiger partial charge on any atom is -0.333 e. The number of anilines is 1. The van der Waals surface area contributed by atoms with Crippen LogP contribution in [0, 0.1) is 5.92 Å². The monoisotopic (exact) mass is 326 g/mol.